The van der Waals surface area contributed by atoms with Crippen molar-refractivity contribution in [3.8, 4) is 10.6 Å². The van der Waals surface area contributed by atoms with Gasteiger partial charge in [0.05, 0.1) is 11.7 Å². The summed E-state index contributed by atoms with van der Waals surface area (Å²) in [6.07, 6.45) is 2.42. The maximum atomic E-state index is 13.4. The minimum atomic E-state index is -0.866. The van der Waals surface area contributed by atoms with E-state index in [1.165, 1.54) is 29.4 Å². The fourth-order valence-corrected chi connectivity index (χ4v) is 5.92. The lowest BCUT2D eigenvalue weighted by Gasteiger charge is -2.50. The zero-order valence-corrected chi connectivity index (χ0v) is 22.5. The highest BCUT2D eigenvalue weighted by Crippen LogP contribution is 2.42. The molecule has 0 saturated carbocycles. The predicted octanol–water partition coefficient (Wildman–Crippen LogP) is 2.83. The van der Waals surface area contributed by atoms with Gasteiger partial charge in [-0.2, -0.15) is 0 Å². The molecule has 0 radical (unpaired) electrons. The number of fused-ring (bicyclic) bond motifs is 1. The van der Waals surface area contributed by atoms with Crippen molar-refractivity contribution in [2.75, 3.05) is 19.5 Å². The van der Waals surface area contributed by atoms with Gasteiger partial charge in [0.2, 0.25) is 0 Å². The number of rotatable bonds is 9. The number of ether oxygens (including phenoxy) is 1. The number of thiazole rings is 2. The van der Waals surface area contributed by atoms with Crippen LogP contribution in [0.3, 0.4) is 0 Å². The first kappa shape index (κ1) is 26.3. The Morgan fingerprint density at radius 2 is 2.05 bits per heavy atom. The molecule has 0 aliphatic carbocycles. The number of aromatic nitrogens is 2. The third kappa shape index (κ3) is 5.05. The van der Waals surface area contributed by atoms with E-state index in [1.54, 1.807) is 5.38 Å². The van der Waals surface area contributed by atoms with Crippen LogP contribution in [-0.4, -0.2) is 64.2 Å². The number of benzene rings is 1. The molecule has 0 spiro atoms. The fourth-order valence-electron chi connectivity index (χ4n) is 4.53. The summed E-state index contributed by atoms with van der Waals surface area (Å²) in [5, 5.41) is 11.0. The van der Waals surface area contributed by atoms with Crippen LogP contribution in [0.25, 0.3) is 16.1 Å². The van der Waals surface area contributed by atoms with Crippen LogP contribution < -0.4 is 11.1 Å². The van der Waals surface area contributed by atoms with Crippen molar-refractivity contribution in [2.24, 2.45) is 5.16 Å². The number of hydrogen-bond acceptors (Lipinski definition) is 11. The second-order valence-corrected chi connectivity index (χ2v) is 10.3. The molecule has 0 unspecified atom stereocenters. The monoisotopic (exact) mass is 564 g/mol. The second kappa shape index (κ2) is 11.2. The Labute approximate surface area is 231 Å². The van der Waals surface area contributed by atoms with Gasteiger partial charge in [-0.05, 0) is 12.8 Å². The van der Waals surface area contributed by atoms with Crippen molar-refractivity contribution in [1.29, 1.82) is 0 Å². The predicted molar refractivity (Wildman–Crippen MR) is 147 cm³/mol. The average Bonchev–Trinajstić information content (AvgIpc) is 3.62. The number of allylic oxidation sites excluding steroid dienone is 1. The van der Waals surface area contributed by atoms with Crippen molar-refractivity contribution < 1.29 is 24.0 Å². The normalized spacial score (nSPS) is 18.7. The van der Waals surface area contributed by atoms with E-state index in [1.807, 2.05) is 35.7 Å². The van der Waals surface area contributed by atoms with Gasteiger partial charge < -0.3 is 20.6 Å². The maximum Gasteiger partial charge on any atom is 0.355 e. The Morgan fingerprint density at radius 3 is 2.74 bits per heavy atom. The summed E-state index contributed by atoms with van der Waals surface area (Å²) in [5.41, 5.74) is 8.14. The van der Waals surface area contributed by atoms with Crippen LogP contribution in [0.15, 0.2) is 64.6 Å². The van der Waals surface area contributed by atoms with E-state index in [0.717, 1.165) is 21.9 Å². The van der Waals surface area contributed by atoms with Crippen LogP contribution in [0, 0.1) is 0 Å². The number of esters is 1. The van der Waals surface area contributed by atoms with Crippen molar-refractivity contribution >= 4 is 56.9 Å². The molecule has 0 bridgehead atoms. The van der Waals surface area contributed by atoms with Gasteiger partial charge in [0.25, 0.3) is 11.8 Å². The number of hydrogen-bond donors (Lipinski definition) is 2. The van der Waals surface area contributed by atoms with Crippen LogP contribution >= 0.6 is 22.7 Å². The molecule has 2 aromatic heterocycles. The largest absolute Gasteiger partial charge is 0.457 e. The van der Waals surface area contributed by atoms with E-state index in [2.05, 4.69) is 22.0 Å². The molecule has 3 N–H and O–H groups in total. The van der Waals surface area contributed by atoms with Crippen LogP contribution in [0.1, 0.15) is 24.2 Å². The number of nitrogen functional groups attached to an aromatic ring is 1. The molecule has 1 aromatic carbocycles. The van der Waals surface area contributed by atoms with Gasteiger partial charge in [0, 0.05) is 21.9 Å². The van der Waals surface area contributed by atoms with E-state index in [-0.39, 0.29) is 28.8 Å². The van der Waals surface area contributed by atoms with E-state index in [0.29, 0.717) is 24.1 Å². The number of amides is 2. The topological polar surface area (TPSA) is 149 Å². The first-order valence-electron chi connectivity index (χ1n) is 11.9. The number of carbonyl (C=O) groups is 3. The van der Waals surface area contributed by atoms with E-state index >= 15 is 0 Å². The van der Waals surface area contributed by atoms with Crippen LogP contribution in [0.4, 0.5) is 5.13 Å². The summed E-state index contributed by atoms with van der Waals surface area (Å²) in [7, 11) is 1.30. The third-order valence-electron chi connectivity index (χ3n) is 6.25. The first-order valence-corrected chi connectivity index (χ1v) is 13.7. The average molecular weight is 565 g/mol. The highest BCUT2D eigenvalue weighted by molar-refractivity contribution is 7.13. The number of nitrogens with one attached hydrogen (secondary N) is 1. The summed E-state index contributed by atoms with van der Waals surface area (Å²) in [4.78, 5) is 54.6. The summed E-state index contributed by atoms with van der Waals surface area (Å²) in [6, 6.07) is 8.39. The molecule has 2 aliphatic rings. The molecule has 3 aromatic rings. The number of nitrogens with two attached hydrogens (primary N) is 1. The standard InChI is InChI=1S/C26H24N6O5S2/c1-3-11-37-25(35)21-15(16-12-38-23(28-16)14-7-5-4-6-8-14)9-10-18-20(24(34)32(18)21)30-22(33)19(31-36-2)17-13-39-26(27)29-17/h3-8,12-13,18,20H,1,9-11H2,2H3,(H2,27,29)(H,30,33)/b31-19-/t18-,20+/m1/s1. The number of β-lactam (4-membered cyclic amide) rings is 1. The zero-order valence-electron chi connectivity index (χ0n) is 20.8. The van der Waals surface area contributed by atoms with Crippen molar-refractivity contribution in [2.45, 2.75) is 24.9 Å². The quantitative estimate of drug-likeness (QED) is 0.132. The third-order valence-corrected chi connectivity index (χ3v) is 7.81. The molecule has 13 heteroatoms. The lowest BCUT2D eigenvalue weighted by molar-refractivity contribution is -0.156. The maximum absolute atomic E-state index is 13.4. The molecule has 200 valence electrons. The van der Waals surface area contributed by atoms with Gasteiger partial charge in [0.15, 0.2) is 10.8 Å². The number of anilines is 1. The molecule has 39 heavy (non-hydrogen) atoms. The van der Waals surface area contributed by atoms with Crippen molar-refractivity contribution in [3.63, 3.8) is 0 Å². The van der Waals surface area contributed by atoms with Gasteiger partial charge >= 0.3 is 5.97 Å². The van der Waals surface area contributed by atoms with E-state index < -0.39 is 29.9 Å². The summed E-state index contributed by atoms with van der Waals surface area (Å²) in [5.74, 6) is -1.73. The highest BCUT2D eigenvalue weighted by atomic mass is 32.1. The van der Waals surface area contributed by atoms with Gasteiger partial charge in [-0.1, -0.05) is 48.1 Å². The first-order chi connectivity index (χ1) is 18.9. The minimum Gasteiger partial charge on any atom is -0.457 e. The summed E-state index contributed by atoms with van der Waals surface area (Å²) >= 11 is 2.60. The minimum absolute atomic E-state index is 0.0115. The molecule has 1 saturated heterocycles. The molecular weight excluding hydrogens is 540 g/mol. The Kier molecular flexibility index (Phi) is 7.52. The smallest absolute Gasteiger partial charge is 0.355 e. The Balaban J connectivity index is 1.42. The number of nitrogens with zero attached hydrogens (tertiary/aromatic N) is 4. The second-order valence-electron chi connectivity index (χ2n) is 8.58. The van der Waals surface area contributed by atoms with Crippen molar-refractivity contribution in [1.82, 2.24) is 20.2 Å². The van der Waals surface area contributed by atoms with Crippen LogP contribution in [-0.2, 0) is 24.0 Å². The van der Waals surface area contributed by atoms with Gasteiger partial charge in [0.1, 0.15) is 36.2 Å². The molecule has 2 aliphatic heterocycles. The fraction of sp³-hybridized carbons (Fsp3) is 0.231. The molecule has 1 fully saturated rings. The number of carbonyl (C=O) groups excluding carboxylic acids is 3. The highest BCUT2D eigenvalue weighted by Gasteiger charge is 2.54. The Morgan fingerprint density at radius 1 is 1.26 bits per heavy atom. The Bertz CT molecular complexity index is 1490. The summed E-state index contributed by atoms with van der Waals surface area (Å²) in [6.45, 7) is 3.58. The van der Waals surface area contributed by atoms with Crippen LogP contribution in [0.5, 0.6) is 0 Å². The van der Waals surface area contributed by atoms with Gasteiger partial charge in [-0.25, -0.2) is 14.8 Å². The van der Waals surface area contributed by atoms with Gasteiger partial charge in [-0.15, -0.1) is 22.7 Å². The molecule has 4 heterocycles. The molecule has 5 rings (SSSR count). The summed E-state index contributed by atoms with van der Waals surface area (Å²) < 4.78 is 5.35. The zero-order chi connectivity index (χ0) is 27.5. The lowest BCUT2D eigenvalue weighted by atomic mass is 9.82. The molecule has 2 atom stereocenters. The van der Waals surface area contributed by atoms with E-state index in [9.17, 15) is 14.4 Å². The van der Waals surface area contributed by atoms with Gasteiger partial charge in [-0.3, -0.25) is 14.5 Å². The van der Waals surface area contributed by atoms with Crippen molar-refractivity contribution in [3.05, 3.63) is 70.8 Å². The number of oxime groups is 1. The van der Waals surface area contributed by atoms with E-state index in [4.69, 9.17) is 20.3 Å². The molecule has 2 amide bonds. The van der Waals surface area contributed by atoms with Crippen LogP contribution in [0.2, 0.25) is 0 Å². The SMILES string of the molecule is C=CCOC(=O)C1=C(c2csc(-c3ccccc3)n2)CC[C@@H]2[C@H](NC(=O)/C(=N\OC)c3csc(N)n3)C(=O)N12. The molecular formula is C26H24N6O5S2. The Hall–Kier alpha value is -4.36. The molecule has 11 nitrogen and oxygen atoms in total. The lowest BCUT2D eigenvalue weighted by Crippen LogP contribution is -2.72.